The van der Waals surface area contributed by atoms with Crippen molar-refractivity contribution in [1.29, 1.82) is 0 Å². The van der Waals surface area contributed by atoms with Crippen LogP contribution in [0.1, 0.15) is 39.4 Å². The normalized spacial score (nSPS) is 18.7. The molecule has 0 bridgehead atoms. The maximum atomic E-state index is 4.15. The Morgan fingerprint density at radius 3 is 2.72 bits per heavy atom. The molecule has 1 fully saturated rings. The lowest BCUT2D eigenvalue weighted by atomic mass is 10.0. The first-order valence-electron chi connectivity index (χ1n) is 7.04. The van der Waals surface area contributed by atoms with Crippen LogP contribution < -0.4 is 5.32 Å². The molecule has 1 saturated heterocycles. The number of aryl methyl sites for hydroxylation is 1. The molecule has 0 atom stereocenters. The molecule has 0 radical (unpaired) electrons. The molecule has 1 aliphatic heterocycles. The van der Waals surface area contributed by atoms with Crippen LogP contribution in [0, 0.1) is 0 Å². The van der Waals surface area contributed by atoms with Crippen molar-refractivity contribution in [1.82, 2.24) is 25.0 Å². The third kappa shape index (κ3) is 3.29. The second-order valence-electron chi connectivity index (χ2n) is 5.32. The third-order valence-corrected chi connectivity index (χ3v) is 3.85. The van der Waals surface area contributed by atoms with Crippen LogP contribution in [0.15, 0.2) is 6.33 Å². The molecule has 2 heterocycles. The van der Waals surface area contributed by atoms with E-state index >= 15 is 0 Å². The summed E-state index contributed by atoms with van der Waals surface area (Å²) in [6.07, 6.45) is 4.27. The van der Waals surface area contributed by atoms with Crippen LogP contribution in [0.5, 0.6) is 0 Å². The Morgan fingerprint density at radius 2 is 2.11 bits per heavy atom. The highest BCUT2D eigenvalue weighted by molar-refractivity contribution is 4.87. The number of aromatic nitrogens is 3. The number of likely N-dealkylation sites (tertiary alicyclic amines) is 1. The van der Waals surface area contributed by atoms with E-state index in [-0.39, 0.29) is 0 Å². The van der Waals surface area contributed by atoms with Crippen LogP contribution in [0.2, 0.25) is 0 Å². The van der Waals surface area contributed by atoms with Gasteiger partial charge in [-0.15, -0.1) is 10.2 Å². The van der Waals surface area contributed by atoms with Crippen molar-refractivity contribution in [3.05, 3.63) is 12.2 Å². The van der Waals surface area contributed by atoms with Crippen LogP contribution in [0.25, 0.3) is 0 Å². The maximum absolute atomic E-state index is 4.15. The fraction of sp³-hybridized carbons (Fsp3) is 0.846. The molecule has 5 nitrogen and oxygen atoms in total. The zero-order valence-corrected chi connectivity index (χ0v) is 11.8. The van der Waals surface area contributed by atoms with Gasteiger partial charge in [0, 0.05) is 18.6 Å². The van der Waals surface area contributed by atoms with Crippen molar-refractivity contribution in [3.63, 3.8) is 0 Å². The van der Waals surface area contributed by atoms with Gasteiger partial charge in [-0.25, -0.2) is 0 Å². The van der Waals surface area contributed by atoms with E-state index < -0.39 is 0 Å². The summed E-state index contributed by atoms with van der Waals surface area (Å²) in [4.78, 5) is 2.55. The van der Waals surface area contributed by atoms with Gasteiger partial charge in [0.1, 0.15) is 12.2 Å². The highest BCUT2D eigenvalue weighted by Gasteiger charge is 2.20. The van der Waals surface area contributed by atoms with Gasteiger partial charge in [0.05, 0.1) is 6.54 Å². The SMILES string of the molecule is CCn1cnnc1CNC1CCN(C(C)C)CC1. The summed E-state index contributed by atoms with van der Waals surface area (Å²) in [5.41, 5.74) is 0. The molecule has 0 spiro atoms. The summed E-state index contributed by atoms with van der Waals surface area (Å²) < 4.78 is 2.09. The average molecular weight is 251 g/mol. The maximum Gasteiger partial charge on any atom is 0.146 e. The number of hydrogen-bond donors (Lipinski definition) is 1. The minimum absolute atomic E-state index is 0.627. The summed E-state index contributed by atoms with van der Waals surface area (Å²) >= 11 is 0. The molecule has 0 unspecified atom stereocenters. The van der Waals surface area contributed by atoms with Gasteiger partial charge in [-0.1, -0.05) is 0 Å². The van der Waals surface area contributed by atoms with Crippen LogP contribution in [-0.4, -0.2) is 44.8 Å². The van der Waals surface area contributed by atoms with E-state index in [0.717, 1.165) is 18.9 Å². The lowest BCUT2D eigenvalue weighted by molar-refractivity contribution is 0.160. The largest absolute Gasteiger partial charge is 0.317 e. The topological polar surface area (TPSA) is 46.0 Å². The molecule has 0 aliphatic carbocycles. The number of rotatable bonds is 5. The Balaban J connectivity index is 1.75. The quantitative estimate of drug-likeness (QED) is 0.856. The smallest absolute Gasteiger partial charge is 0.146 e. The van der Waals surface area contributed by atoms with Gasteiger partial charge < -0.3 is 14.8 Å². The van der Waals surface area contributed by atoms with Crippen LogP contribution >= 0.6 is 0 Å². The van der Waals surface area contributed by atoms with Crippen molar-refractivity contribution < 1.29 is 0 Å². The fourth-order valence-electron chi connectivity index (χ4n) is 2.54. The van der Waals surface area contributed by atoms with Crippen molar-refractivity contribution in [2.75, 3.05) is 13.1 Å². The molecule has 1 aromatic heterocycles. The minimum Gasteiger partial charge on any atom is -0.317 e. The Labute approximate surface area is 110 Å². The second-order valence-corrected chi connectivity index (χ2v) is 5.32. The Bertz CT molecular complexity index is 352. The molecule has 1 aromatic rings. The van der Waals surface area contributed by atoms with E-state index in [1.807, 2.05) is 0 Å². The van der Waals surface area contributed by atoms with Crippen LogP contribution in [0.3, 0.4) is 0 Å². The Hall–Kier alpha value is -0.940. The molecule has 5 heteroatoms. The van der Waals surface area contributed by atoms with E-state index in [9.17, 15) is 0 Å². The summed E-state index contributed by atoms with van der Waals surface area (Å²) in [5.74, 6) is 1.05. The van der Waals surface area contributed by atoms with E-state index in [1.165, 1.54) is 25.9 Å². The molecular formula is C13H25N5. The molecule has 1 aliphatic rings. The van der Waals surface area contributed by atoms with E-state index in [2.05, 4.69) is 45.8 Å². The van der Waals surface area contributed by atoms with Gasteiger partial charge >= 0.3 is 0 Å². The number of nitrogens with one attached hydrogen (secondary N) is 1. The second kappa shape index (κ2) is 6.29. The number of hydrogen-bond acceptors (Lipinski definition) is 4. The zero-order valence-electron chi connectivity index (χ0n) is 11.8. The predicted molar refractivity (Wildman–Crippen MR) is 72.3 cm³/mol. The van der Waals surface area contributed by atoms with Gasteiger partial charge in [0.25, 0.3) is 0 Å². The molecule has 102 valence electrons. The zero-order chi connectivity index (χ0) is 13.0. The molecule has 1 N–H and O–H groups in total. The van der Waals surface area contributed by atoms with E-state index in [1.54, 1.807) is 6.33 Å². The monoisotopic (exact) mass is 251 g/mol. The molecular weight excluding hydrogens is 226 g/mol. The molecule has 18 heavy (non-hydrogen) atoms. The molecule has 0 aromatic carbocycles. The summed E-state index contributed by atoms with van der Waals surface area (Å²) in [6.45, 7) is 10.9. The third-order valence-electron chi connectivity index (χ3n) is 3.85. The number of nitrogens with zero attached hydrogens (tertiary/aromatic N) is 4. The highest BCUT2D eigenvalue weighted by Crippen LogP contribution is 2.13. The molecule has 0 amide bonds. The van der Waals surface area contributed by atoms with Crippen LogP contribution in [-0.2, 0) is 13.1 Å². The van der Waals surface area contributed by atoms with Gasteiger partial charge in [-0.05, 0) is 46.7 Å². The van der Waals surface area contributed by atoms with Crippen molar-refractivity contribution in [2.24, 2.45) is 0 Å². The van der Waals surface area contributed by atoms with Crippen molar-refractivity contribution in [2.45, 2.75) is 58.8 Å². The highest BCUT2D eigenvalue weighted by atomic mass is 15.3. The summed E-state index contributed by atoms with van der Waals surface area (Å²) in [7, 11) is 0. The Kier molecular flexibility index (Phi) is 4.72. The fourth-order valence-corrected chi connectivity index (χ4v) is 2.54. The van der Waals surface area contributed by atoms with Gasteiger partial charge in [0.15, 0.2) is 0 Å². The standard InChI is InChI=1S/C13H25N5/c1-4-17-10-15-16-13(17)9-14-12-5-7-18(8-6-12)11(2)3/h10-12,14H,4-9H2,1-3H3. The predicted octanol–water partition coefficient (Wildman–Crippen LogP) is 1.26. The van der Waals surface area contributed by atoms with Gasteiger partial charge in [0.2, 0.25) is 0 Å². The molecule has 0 saturated carbocycles. The van der Waals surface area contributed by atoms with E-state index in [0.29, 0.717) is 12.1 Å². The summed E-state index contributed by atoms with van der Waals surface area (Å²) in [5, 5.41) is 11.7. The molecule has 2 rings (SSSR count). The lowest BCUT2D eigenvalue weighted by Gasteiger charge is -2.34. The van der Waals surface area contributed by atoms with Crippen molar-refractivity contribution >= 4 is 0 Å². The lowest BCUT2D eigenvalue weighted by Crippen LogP contribution is -2.44. The first kappa shape index (κ1) is 13.5. The summed E-state index contributed by atoms with van der Waals surface area (Å²) in [6, 6.07) is 1.30. The average Bonchev–Trinajstić information content (AvgIpc) is 2.84. The van der Waals surface area contributed by atoms with E-state index in [4.69, 9.17) is 0 Å². The Morgan fingerprint density at radius 1 is 1.39 bits per heavy atom. The first-order valence-corrected chi connectivity index (χ1v) is 7.04. The minimum atomic E-state index is 0.627. The van der Waals surface area contributed by atoms with Crippen LogP contribution in [0.4, 0.5) is 0 Å². The number of piperidine rings is 1. The van der Waals surface area contributed by atoms with Gasteiger partial charge in [-0.2, -0.15) is 0 Å². The first-order chi connectivity index (χ1) is 8.70. The van der Waals surface area contributed by atoms with Gasteiger partial charge in [-0.3, -0.25) is 0 Å². The van der Waals surface area contributed by atoms with Crippen molar-refractivity contribution in [3.8, 4) is 0 Å².